The lowest BCUT2D eigenvalue weighted by atomic mass is 9.83. The molecule has 0 fully saturated rings. The van der Waals surface area contributed by atoms with Crippen LogP contribution in [-0.4, -0.2) is 30.6 Å². The van der Waals surface area contributed by atoms with Gasteiger partial charge in [-0.1, -0.05) is 77.9 Å². The lowest BCUT2D eigenvalue weighted by Gasteiger charge is -2.22. The van der Waals surface area contributed by atoms with Crippen LogP contribution >= 0.6 is 0 Å². The molecule has 0 atom stereocenters. The molecule has 9 heteroatoms. The van der Waals surface area contributed by atoms with Crippen molar-refractivity contribution in [2.45, 2.75) is 58.3 Å². The average Bonchev–Trinajstić information content (AvgIpc) is 3.21. The maximum atomic E-state index is 12.7. The van der Waals surface area contributed by atoms with Gasteiger partial charge in [0.25, 0.3) is 11.6 Å². The number of methoxy groups -OCH3 is 1. The number of nitrogens with one attached hydrogen (secondary N) is 2. The largest absolute Gasteiger partial charge is 0.496 e. The fourth-order valence-corrected chi connectivity index (χ4v) is 4.83. The number of rotatable bonds is 5. The highest BCUT2D eigenvalue weighted by Crippen LogP contribution is 2.47. The van der Waals surface area contributed by atoms with E-state index < -0.39 is 16.9 Å². The summed E-state index contributed by atoms with van der Waals surface area (Å²) in [5.41, 5.74) is 10.8. The van der Waals surface area contributed by atoms with Crippen molar-refractivity contribution < 1.29 is 24.0 Å². The van der Waals surface area contributed by atoms with Gasteiger partial charge in [-0.15, -0.1) is 0 Å². The molecule has 3 aromatic carbocycles. The van der Waals surface area contributed by atoms with Crippen LogP contribution in [0, 0.1) is 10.1 Å². The highest BCUT2D eigenvalue weighted by Gasteiger charge is 2.32. The topological polar surface area (TPSA) is 120 Å². The number of nitrogens with zero attached hydrogens (tertiary/aromatic N) is 1. The lowest BCUT2D eigenvalue weighted by molar-refractivity contribution is -0.384. The van der Waals surface area contributed by atoms with Crippen LogP contribution < -0.4 is 15.6 Å². The summed E-state index contributed by atoms with van der Waals surface area (Å²) in [6.45, 7) is 13.0. The zero-order valence-corrected chi connectivity index (χ0v) is 23.9. The summed E-state index contributed by atoms with van der Waals surface area (Å²) >= 11 is 0. The lowest BCUT2D eigenvalue weighted by Crippen LogP contribution is -2.42. The normalized spacial score (nSPS) is 12.8. The Morgan fingerprint density at radius 2 is 1.40 bits per heavy atom. The number of nitro groups is 1. The number of amides is 2. The van der Waals surface area contributed by atoms with Crippen molar-refractivity contribution in [1.29, 1.82) is 0 Å². The van der Waals surface area contributed by atoms with E-state index in [-0.39, 0.29) is 40.4 Å². The number of benzene rings is 3. The first-order chi connectivity index (χ1) is 18.7. The van der Waals surface area contributed by atoms with Gasteiger partial charge in [-0.2, -0.15) is 0 Å². The summed E-state index contributed by atoms with van der Waals surface area (Å²) < 4.78 is 10.7. The average molecular weight is 546 g/mol. The Bertz CT molecular complexity index is 1420. The molecule has 0 heterocycles. The number of fused-ring (bicyclic) bond motifs is 3. The number of ether oxygens (including phenoxy) is 2. The van der Waals surface area contributed by atoms with Crippen molar-refractivity contribution in [1.82, 2.24) is 10.9 Å². The molecule has 0 saturated heterocycles. The summed E-state index contributed by atoms with van der Waals surface area (Å²) in [5, 5.41) is 11.1. The second kappa shape index (κ2) is 10.6. The van der Waals surface area contributed by atoms with Crippen LogP contribution in [0.15, 0.2) is 54.6 Å². The predicted molar refractivity (Wildman–Crippen MR) is 153 cm³/mol. The van der Waals surface area contributed by atoms with E-state index in [4.69, 9.17) is 9.47 Å². The van der Waals surface area contributed by atoms with Gasteiger partial charge in [0.05, 0.1) is 17.6 Å². The van der Waals surface area contributed by atoms with Crippen molar-refractivity contribution in [3.05, 3.63) is 92.5 Å². The van der Waals surface area contributed by atoms with E-state index in [1.54, 1.807) is 0 Å². The molecule has 0 unspecified atom stereocenters. The quantitative estimate of drug-likeness (QED) is 0.283. The summed E-state index contributed by atoms with van der Waals surface area (Å²) in [6.07, 6.45) is -0.855. The Balaban J connectivity index is 1.54. The molecule has 1 aliphatic rings. The highest BCUT2D eigenvalue weighted by molar-refractivity contribution is 5.98. The van der Waals surface area contributed by atoms with Crippen molar-refractivity contribution in [2.24, 2.45) is 0 Å². The van der Waals surface area contributed by atoms with Crippen LogP contribution in [0.3, 0.4) is 0 Å². The molecule has 2 amide bonds. The third kappa shape index (κ3) is 5.78. The first-order valence-corrected chi connectivity index (χ1v) is 13.1. The van der Waals surface area contributed by atoms with Crippen LogP contribution in [0.1, 0.15) is 80.1 Å². The number of hydrogen-bond donors (Lipinski definition) is 2. The molecule has 4 rings (SSSR count). The zero-order chi connectivity index (χ0) is 29.4. The molecule has 0 aliphatic heterocycles. The van der Waals surface area contributed by atoms with Gasteiger partial charge in [-0.25, -0.2) is 10.2 Å². The summed E-state index contributed by atoms with van der Waals surface area (Å²) in [7, 11) is 1.34. The van der Waals surface area contributed by atoms with Gasteiger partial charge in [0.2, 0.25) is 0 Å². The smallest absolute Gasteiger partial charge is 0.426 e. The standard InChI is InChI=1S/C31H35N3O6/c1-30(2,3)18-8-11-21-22-12-9-19(31(4,5)6)15-24(22)26(23(21)14-18)17-40-29(36)33-32-28(35)25-16-20(34(37)38)10-13-27(25)39-7/h8-16,26H,17H2,1-7H3,(H,32,35)(H,33,36). The van der Waals surface area contributed by atoms with E-state index in [0.29, 0.717) is 0 Å². The van der Waals surface area contributed by atoms with Crippen LogP contribution in [0.4, 0.5) is 10.5 Å². The van der Waals surface area contributed by atoms with Gasteiger partial charge >= 0.3 is 6.09 Å². The number of hydrazine groups is 1. The molecule has 0 bridgehead atoms. The van der Waals surface area contributed by atoms with Crippen molar-refractivity contribution in [2.75, 3.05) is 13.7 Å². The Hall–Kier alpha value is -4.40. The van der Waals surface area contributed by atoms with E-state index in [1.165, 1.54) is 30.4 Å². The van der Waals surface area contributed by atoms with Gasteiger partial charge in [0.15, 0.2) is 0 Å². The maximum Gasteiger partial charge on any atom is 0.426 e. The van der Waals surface area contributed by atoms with E-state index >= 15 is 0 Å². The molecule has 3 aromatic rings. The fourth-order valence-electron chi connectivity index (χ4n) is 4.83. The van der Waals surface area contributed by atoms with E-state index in [1.807, 2.05) is 0 Å². The number of carbonyl (C=O) groups excluding carboxylic acids is 2. The monoisotopic (exact) mass is 545 g/mol. The number of carbonyl (C=O) groups is 2. The molecule has 9 nitrogen and oxygen atoms in total. The summed E-state index contributed by atoms with van der Waals surface area (Å²) in [4.78, 5) is 35.8. The minimum Gasteiger partial charge on any atom is -0.496 e. The molecule has 0 radical (unpaired) electrons. The SMILES string of the molecule is COc1ccc([N+](=O)[O-])cc1C(=O)NNC(=O)OCC1c2cc(C(C)(C)C)ccc2-c2ccc(C(C)(C)C)cc21. The van der Waals surface area contributed by atoms with Gasteiger partial charge < -0.3 is 9.47 Å². The van der Waals surface area contributed by atoms with Crippen LogP contribution in [-0.2, 0) is 15.6 Å². The molecular weight excluding hydrogens is 510 g/mol. The first kappa shape index (κ1) is 28.6. The van der Waals surface area contributed by atoms with Crippen LogP contribution in [0.2, 0.25) is 0 Å². The van der Waals surface area contributed by atoms with Crippen LogP contribution in [0.5, 0.6) is 5.75 Å². The van der Waals surface area contributed by atoms with Crippen molar-refractivity contribution in [3.8, 4) is 16.9 Å². The molecule has 0 saturated carbocycles. The molecule has 0 aromatic heterocycles. The number of non-ortho nitro benzene ring substituents is 1. The molecule has 2 N–H and O–H groups in total. The first-order valence-electron chi connectivity index (χ1n) is 13.1. The Morgan fingerprint density at radius 3 is 1.88 bits per heavy atom. The second-order valence-corrected chi connectivity index (χ2v) is 12.0. The van der Waals surface area contributed by atoms with Gasteiger partial charge in [-0.05, 0) is 50.3 Å². The fraction of sp³-hybridized carbons (Fsp3) is 0.355. The Kier molecular flexibility index (Phi) is 7.61. The van der Waals surface area contributed by atoms with E-state index in [9.17, 15) is 19.7 Å². The molecular formula is C31H35N3O6. The van der Waals surface area contributed by atoms with Gasteiger partial charge in [0.1, 0.15) is 12.4 Å². The summed E-state index contributed by atoms with van der Waals surface area (Å²) in [5.74, 6) is -0.839. The molecule has 0 spiro atoms. The van der Waals surface area contributed by atoms with E-state index in [0.717, 1.165) is 28.3 Å². The third-order valence-corrected chi connectivity index (χ3v) is 7.17. The van der Waals surface area contributed by atoms with Gasteiger partial charge in [0, 0.05) is 18.1 Å². The third-order valence-electron chi connectivity index (χ3n) is 7.17. The Labute approximate surface area is 234 Å². The van der Waals surface area contributed by atoms with Gasteiger partial charge in [-0.3, -0.25) is 20.3 Å². The predicted octanol–water partition coefficient (Wildman–Crippen LogP) is 6.38. The minimum absolute atomic E-state index is 0.0546. The Morgan fingerprint density at radius 1 is 0.850 bits per heavy atom. The van der Waals surface area contributed by atoms with E-state index in [2.05, 4.69) is 88.8 Å². The van der Waals surface area contributed by atoms with Crippen LogP contribution in [0.25, 0.3) is 11.1 Å². The molecule has 210 valence electrons. The summed E-state index contributed by atoms with van der Waals surface area (Å²) in [6, 6.07) is 16.6. The zero-order valence-electron chi connectivity index (χ0n) is 23.9. The number of hydrogen-bond acceptors (Lipinski definition) is 6. The molecule has 40 heavy (non-hydrogen) atoms. The minimum atomic E-state index is -0.855. The maximum absolute atomic E-state index is 12.7. The second-order valence-electron chi connectivity index (χ2n) is 12.0. The number of nitro benzene ring substituents is 1. The highest BCUT2D eigenvalue weighted by atomic mass is 16.6. The molecule has 1 aliphatic carbocycles. The van der Waals surface area contributed by atoms with Crippen molar-refractivity contribution in [3.63, 3.8) is 0 Å². The van der Waals surface area contributed by atoms with Crippen molar-refractivity contribution >= 4 is 17.7 Å².